The molecule has 0 saturated heterocycles. The van der Waals surface area contributed by atoms with E-state index in [2.05, 4.69) is 15.3 Å². The van der Waals surface area contributed by atoms with Gasteiger partial charge in [-0.1, -0.05) is 0 Å². The lowest BCUT2D eigenvalue weighted by Gasteiger charge is -2.12. The van der Waals surface area contributed by atoms with Crippen LogP contribution in [0.4, 0.5) is 19.0 Å². The van der Waals surface area contributed by atoms with Gasteiger partial charge in [-0.2, -0.15) is 0 Å². The first-order valence-corrected chi connectivity index (χ1v) is 6.86. The Balaban J connectivity index is 1.88. The highest BCUT2D eigenvalue weighted by molar-refractivity contribution is 5.92. The molecule has 3 rings (SSSR count). The summed E-state index contributed by atoms with van der Waals surface area (Å²) in [6.07, 6.45) is 1.56. The van der Waals surface area contributed by atoms with Gasteiger partial charge in [0.05, 0.1) is 0 Å². The standard InChI is InChI=1S/C15H12F3N3O2/c16-9-1-2-11(17)8(5-9)6-19-12-10(13(22)23)7-20-14(21-12)15(18)3-4-15/h1-2,5,7H,3-4,6H2,(H,22,23)(H,19,20,21). The largest absolute Gasteiger partial charge is 0.477 e. The molecule has 0 bridgehead atoms. The van der Waals surface area contributed by atoms with Gasteiger partial charge < -0.3 is 10.4 Å². The van der Waals surface area contributed by atoms with Crippen LogP contribution in [0.3, 0.4) is 0 Å². The number of anilines is 1. The minimum Gasteiger partial charge on any atom is -0.477 e. The van der Waals surface area contributed by atoms with Crippen LogP contribution in [0.15, 0.2) is 24.4 Å². The summed E-state index contributed by atoms with van der Waals surface area (Å²) in [5, 5.41) is 11.7. The summed E-state index contributed by atoms with van der Waals surface area (Å²) in [7, 11) is 0. The molecule has 1 aromatic heterocycles. The van der Waals surface area contributed by atoms with Crippen molar-refractivity contribution < 1.29 is 23.1 Å². The predicted molar refractivity (Wildman–Crippen MR) is 74.7 cm³/mol. The third-order valence-corrected chi connectivity index (χ3v) is 3.56. The molecule has 0 radical (unpaired) electrons. The van der Waals surface area contributed by atoms with E-state index in [9.17, 15) is 18.0 Å². The number of alkyl halides is 1. The molecule has 120 valence electrons. The van der Waals surface area contributed by atoms with Gasteiger partial charge in [-0.15, -0.1) is 0 Å². The predicted octanol–water partition coefficient (Wildman–Crippen LogP) is 3.02. The van der Waals surface area contributed by atoms with Crippen molar-refractivity contribution in [3.8, 4) is 0 Å². The van der Waals surface area contributed by atoms with Gasteiger partial charge in [0.2, 0.25) is 0 Å². The highest BCUT2D eigenvalue weighted by Gasteiger charge is 2.48. The van der Waals surface area contributed by atoms with Crippen molar-refractivity contribution in [3.05, 3.63) is 53.0 Å². The molecule has 2 N–H and O–H groups in total. The van der Waals surface area contributed by atoms with E-state index in [4.69, 9.17) is 5.11 Å². The molecule has 0 amide bonds. The zero-order chi connectivity index (χ0) is 16.6. The van der Waals surface area contributed by atoms with Gasteiger partial charge in [-0.25, -0.2) is 27.9 Å². The highest BCUT2D eigenvalue weighted by Crippen LogP contribution is 2.48. The van der Waals surface area contributed by atoms with Crippen LogP contribution in [0.1, 0.15) is 34.6 Å². The molecule has 1 aliphatic carbocycles. The van der Waals surface area contributed by atoms with E-state index in [1.54, 1.807) is 0 Å². The third-order valence-electron chi connectivity index (χ3n) is 3.56. The molecular weight excluding hydrogens is 311 g/mol. The van der Waals surface area contributed by atoms with Crippen LogP contribution in [0.5, 0.6) is 0 Å². The normalized spacial score (nSPS) is 15.3. The Morgan fingerprint density at radius 1 is 1.35 bits per heavy atom. The third kappa shape index (κ3) is 3.10. The lowest BCUT2D eigenvalue weighted by Crippen LogP contribution is -2.14. The van der Waals surface area contributed by atoms with Gasteiger partial charge in [0.25, 0.3) is 0 Å². The van der Waals surface area contributed by atoms with E-state index in [0.717, 1.165) is 24.4 Å². The molecule has 2 aromatic rings. The first kappa shape index (κ1) is 15.3. The summed E-state index contributed by atoms with van der Waals surface area (Å²) in [6.45, 7) is -0.195. The molecule has 5 nitrogen and oxygen atoms in total. The lowest BCUT2D eigenvalue weighted by atomic mass is 10.2. The molecule has 1 heterocycles. The Bertz CT molecular complexity index is 779. The zero-order valence-corrected chi connectivity index (χ0v) is 11.8. The number of carboxylic acids is 1. The van der Waals surface area contributed by atoms with Gasteiger partial charge in [0.15, 0.2) is 11.5 Å². The molecule has 1 saturated carbocycles. The molecule has 23 heavy (non-hydrogen) atoms. The van der Waals surface area contributed by atoms with E-state index in [-0.39, 0.29) is 42.2 Å². The summed E-state index contributed by atoms with van der Waals surface area (Å²) in [4.78, 5) is 18.8. The molecule has 1 aromatic carbocycles. The fraction of sp³-hybridized carbons (Fsp3) is 0.267. The van der Waals surface area contributed by atoms with E-state index < -0.39 is 23.3 Å². The summed E-state index contributed by atoms with van der Waals surface area (Å²) >= 11 is 0. The maximum atomic E-state index is 14.0. The van der Waals surface area contributed by atoms with E-state index in [1.165, 1.54) is 0 Å². The van der Waals surface area contributed by atoms with Crippen LogP contribution < -0.4 is 5.32 Å². The molecular formula is C15H12F3N3O2. The average molecular weight is 323 g/mol. The Labute approximate surface area is 129 Å². The minimum atomic E-state index is -1.63. The van der Waals surface area contributed by atoms with Crippen LogP contribution in [0, 0.1) is 11.6 Å². The van der Waals surface area contributed by atoms with Crippen molar-refractivity contribution in [2.24, 2.45) is 0 Å². The topological polar surface area (TPSA) is 75.1 Å². The molecule has 1 fully saturated rings. The maximum absolute atomic E-state index is 14.0. The fourth-order valence-electron chi connectivity index (χ4n) is 2.08. The van der Waals surface area contributed by atoms with Crippen LogP contribution in [0.25, 0.3) is 0 Å². The summed E-state index contributed by atoms with van der Waals surface area (Å²) in [5.74, 6) is -2.80. The van der Waals surface area contributed by atoms with Crippen molar-refractivity contribution in [2.75, 3.05) is 5.32 Å². The van der Waals surface area contributed by atoms with Gasteiger partial charge in [0, 0.05) is 18.3 Å². The Morgan fingerprint density at radius 2 is 2.09 bits per heavy atom. The smallest absolute Gasteiger partial charge is 0.341 e. The summed E-state index contributed by atoms with van der Waals surface area (Å²) in [6, 6.07) is 2.93. The van der Waals surface area contributed by atoms with E-state index >= 15 is 0 Å². The SMILES string of the molecule is O=C(O)c1cnc(C2(F)CC2)nc1NCc1cc(F)ccc1F. The number of carboxylic acid groups (broad SMARTS) is 1. The van der Waals surface area contributed by atoms with E-state index in [1.807, 2.05) is 0 Å². The van der Waals surface area contributed by atoms with Gasteiger partial charge >= 0.3 is 5.97 Å². The monoisotopic (exact) mass is 323 g/mol. The summed E-state index contributed by atoms with van der Waals surface area (Å²) < 4.78 is 40.8. The quantitative estimate of drug-likeness (QED) is 0.884. The van der Waals surface area contributed by atoms with Gasteiger partial charge in [-0.05, 0) is 31.0 Å². The number of carbonyl (C=O) groups is 1. The van der Waals surface area contributed by atoms with E-state index in [0.29, 0.717) is 0 Å². The second-order valence-electron chi connectivity index (χ2n) is 5.32. The lowest BCUT2D eigenvalue weighted by molar-refractivity contribution is 0.0696. The van der Waals surface area contributed by atoms with Crippen molar-refractivity contribution >= 4 is 11.8 Å². The number of nitrogens with one attached hydrogen (secondary N) is 1. The van der Waals surface area contributed by atoms with Crippen molar-refractivity contribution in [2.45, 2.75) is 25.1 Å². The van der Waals surface area contributed by atoms with Crippen molar-refractivity contribution in [1.82, 2.24) is 9.97 Å². The number of aromatic nitrogens is 2. The molecule has 1 aliphatic rings. The van der Waals surface area contributed by atoms with Crippen molar-refractivity contribution in [3.63, 3.8) is 0 Å². The first-order valence-electron chi connectivity index (χ1n) is 6.86. The second-order valence-corrected chi connectivity index (χ2v) is 5.32. The Morgan fingerprint density at radius 3 is 2.74 bits per heavy atom. The number of hydrogen-bond acceptors (Lipinski definition) is 4. The summed E-state index contributed by atoms with van der Waals surface area (Å²) in [5.41, 5.74) is -1.89. The highest BCUT2D eigenvalue weighted by atomic mass is 19.1. The molecule has 8 heteroatoms. The number of nitrogens with zero attached hydrogens (tertiary/aromatic N) is 2. The molecule has 0 spiro atoms. The van der Waals surface area contributed by atoms with Crippen LogP contribution >= 0.6 is 0 Å². The maximum Gasteiger partial charge on any atom is 0.341 e. The minimum absolute atomic E-state index is 0.00267. The molecule has 0 atom stereocenters. The van der Waals surface area contributed by atoms with Crippen LogP contribution in [-0.4, -0.2) is 21.0 Å². The average Bonchev–Trinajstić information content (AvgIpc) is 3.27. The Hall–Kier alpha value is -2.64. The zero-order valence-electron chi connectivity index (χ0n) is 11.8. The van der Waals surface area contributed by atoms with Gasteiger partial charge in [-0.3, -0.25) is 0 Å². The fourth-order valence-corrected chi connectivity index (χ4v) is 2.08. The Kier molecular flexibility index (Phi) is 3.67. The number of benzene rings is 1. The van der Waals surface area contributed by atoms with Crippen molar-refractivity contribution in [1.29, 1.82) is 0 Å². The van der Waals surface area contributed by atoms with Crippen LogP contribution in [-0.2, 0) is 12.2 Å². The molecule has 0 aliphatic heterocycles. The first-order chi connectivity index (χ1) is 10.9. The number of rotatable bonds is 5. The number of halogens is 3. The van der Waals surface area contributed by atoms with Crippen LogP contribution in [0.2, 0.25) is 0 Å². The second kappa shape index (κ2) is 5.53. The number of aromatic carboxylic acids is 1. The molecule has 0 unspecified atom stereocenters. The number of hydrogen-bond donors (Lipinski definition) is 2. The van der Waals surface area contributed by atoms with Gasteiger partial charge in [0.1, 0.15) is 23.0 Å².